The smallest absolute Gasteiger partial charge is 0.104 e. The van der Waals surface area contributed by atoms with E-state index in [-0.39, 0.29) is 5.60 Å². The molecule has 0 bridgehead atoms. The fourth-order valence-electron chi connectivity index (χ4n) is 1.15. The molecule has 0 unspecified atom stereocenters. The standard InChI is InChI=1S/C10H15NO/c1-4-12-10(2,3)9-7-5-6-8-11-9/h5-8H,4H2,1-3H3. The molecule has 0 saturated carbocycles. The van der Waals surface area contributed by atoms with Crippen LogP contribution >= 0.6 is 0 Å². The summed E-state index contributed by atoms with van der Waals surface area (Å²) in [6.45, 7) is 6.76. The summed E-state index contributed by atoms with van der Waals surface area (Å²) >= 11 is 0. The lowest BCUT2D eigenvalue weighted by atomic mass is 10.0. The van der Waals surface area contributed by atoms with Crippen LogP contribution in [0.15, 0.2) is 24.4 Å². The van der Waals surface area contributed by atoms with Crippen molar-refractivity contribution in [2.75, 3.05) is 6.61 Å². The Morgan fingerprint density at radius 3 is 2.67 bits per heavy atom. The van der Waals surface area contributed by atoms with Gasteiger partial charge in [-0.2, -0.15) is 0 Å². The minimum absolute atomic E-state index is 0.268. The number of hydrogen-bond acceptors (Lipinski definition) is 2. The number of rotatable bonds is 3. The lowest BCUT2D eigenvalue weighted by molar-refractivity contribution is -0.0172. The van der Waals surface area contributed by atoms with Crippen LogP contribution in [0.4, 0.5) is 0 Å². The Bertz CT molecular complexity index is 231. The molecule has 1 heterocycles. The molecule has 1 aromatic rings. The number of hydrogen-bond donors (Lipinski definition) is 0. The molecule has 0 spiro atoms. The van der Waals surface area contributed by atoms with E-state index in [1.165, 1.54) is 0 Å². The van der Waals surface area contributed by atoms with Gasteiger partial charge in [-0.25, -0.2) is 0 Å². The Morgan fingerprint density at radius 2 is 2.17 bits per heavy atom. The van der Waals surface area contributed by atoms with Gasteiger partial charge in [0.2, 0.25) is 0 Å². The molecule has 0 N–H and O–H groups in total. The Labute approximate surface area is 73.6 Å². The first-order valence-corrected chi connectivity index (χ1v) is 4.22. The van der Waals surface area contributed by atoms with Gasteiger partial charge in [-0.15, -0.1) is 0 Å². The molecule has 1 aromatic heterocycles. The van der Waals surface area contributed by atoms with Crippen molar-refractivity contribution in [2.45, 2.75) is 26.4 Å². The van der Waals surface area contributed by atoms with Gasteiger partial charge in [-0.3, -0.25) is 4.98 Å². The molecule has 0 aliphatic heterocycles. The zero-order chi connectivity index (χ0) is 9.03. The van der Waals surface area contributed by atoms with E-state index >= 15 is 0 Å². The van der Waals surface area contributed by atoms with Crippen molar-refractivity contribution in [2.24, 2.45) is 0 Å². The molecule has 2 heteroatoms. The average molecular weight is 165 g/mol. The summed E-state index contributed by atoms with van der Waals surface area (Å²) in [5, 5.41) is 0. The second kappa shape index (κ2) is 3.68. The van der Waals surface area contributed by atoms with E-state index in [9.17, 15) is 0 Å². The van der Waals surface area contributed by atoms with Crippen LogP contribution in [0.5, 0.6) is 0 Å². The second-order valence-corrected chi connectivity index (χ2v) is 3.16. The van der Waals surface area contributed by atoms with E-state index in [2.05, 4.69) is 4.98 Å². The van der Waals surface area contributed by atoms with E-state index < -0.39 is 0 Å². The maximum Gasteiger partial charge on any atom is 0.104 e. The van der Waals surface area contributed by atoms with Crippen LogP contribution in [-0.4, -0.2) is 11.6 Å². The Balaban J connectivity index is 2.82. The maximum absolute atomic E-state index is 5.55. The van der Waals surface area contributed by atoms with Crippen LogP contribution in [0.3, 0.4) is 0 Å². The minimum Gasteiger partial charge on any atom is -0.370 e. The summed E-state index contributed by atoms with van der Waals surface area (Å²) in [6.07, 6.45) is 1.79. The molecule has 0 aromatic carbocycles. The van der Waals surface area contributed by atoms with Crippen LogP contribution in [0, 0.1) is 0 Å². The third kappa shape index (κ3) is 2.05. The first-order valence-electron chi connectivity index (χ1n) is 4.22. The highest BCUT2D eigenvalue weighted by Gasteiger charge is 2.21. The molecule has 66 valence electrons. The third-order valence-corrected chi connectivity index (χ3v) is 1.79. The number of pyridine rings is 1. The van der Waals surface area contributed by atoms with Gasteiger partial charge in [0.15, 0.2) is 0 Å². The quantitative estimate of drug-likeness (QED) is 0.686. The van der Waals surface area contributed by atoms with E-state index in [1.807, 2.05) is 39.0 Å². The SMILES string of the molecule is CCOC(C)(C)c1ccccn1. The van der Waals surface area contributed by atoms with E-state index in [0.717, 1.165) is 5.69 Å². The molecule has 0 fully saturated rings. The van der Waals surface area contributed by atoms with Gasteiger partial charge in [0, 0.05) is 12.8 Å². The predicted molar refractivity (Wildman–Crippen MR) is 48.9 cm³/mol. The Kier molecular flexibility index (Phi) is 2.82. The van der Waals surface area contributed by atoms with Crippen LogP contribution < -0.4 is 0 Å². The van der Waals surface area contributed by atoms with Crippen molar-refractivity contribution in [3.8, 4) is 0 Å². The number of ether oxygens (including phenoxy) is 1. The van der Waals surface area contributed by atoms with Crippen molar-refractivity contribution in [3.63, 3.8) is 0 Å². The molecular formula is C10H15NO. The summed E-state index contributed by atoms with van der Waals surface area (Å²) in [5.74, 6) is 0. The van der Waals surface area contributed by atoms with Gasteiger partial charge < -0.3 is 4.74 Å². The van der Waals surface area contributed by atoms with Gasteiger partial charge in [0.1, 0.15) is 5.60 Å². The van der Waals surface area contributed by atoms with Crippen LogP contribution in [0.25, 0.3) is 0 Å². The van der Waals surface area contributed by atoms with Crippen molar-refractivity contribution >= 4 is 0 Å². The van der Waals surface area contributed by atoms with E-state index in [1.54, 1.807) is 6.20 Å². The monoisotopic (exact) mass is 165 g/mol. The summed E-state index contributed by atoms with van der Waals surface area (Å²) < 4.78 is 5.55. The van der Waals surface area contributed by atoms with Gasteiger partial charge in [0.05, 0.1) is 5.69 Å². The van der Waals surface area contributed by atoms with Gasteiger partial charge in [-0.1, -0.05) is 6.07 Å². The molecule has 0 atom stereocenters. The van der Waals surface area contributed by atoms with Crippen molar-refractivity contribution < 1.29 is 4.74 Å². The average Bonchev–Trinajstić information content (AvgIpc) is 2.06. The minimum atomic E-state index is -0.268. The van der Waals surface area contributed by atoms with Gasteiger partial charge in [-0.05, 0) is 32.9 Å². The molecule has 0 amide bonds. The fourth-order valence-corrected chi connectivity index (χ4v) is 1.15. The van der Waals surface area contributed by atoms with Crippen LogP contribution in [0.1, 0.15) is 26.5 Å². The van der Waals surface area contributed by atoms with Crippen molar-refractivity contribution in [1.29, 1.82) is 0 Å². The lowest BCUT2D eigenvalue weighted by Crippen LogP contribution is -2.22. The second-order valence-electron chi connectivity index (χ2n) is 3.16. The topological polar surface area (TPSA) is 22.1 Å². The molecule has 12 heavy (non-hydrogen) atoms. The summed E-state index contributed by atoms with van der Waals surface area (Å²) in [4.78, 5) is 4.24. The largest absolute Gasteiger partial charge is 0.370 e. The summed E-state index contributed by atoms with van der Waals surface area (Å²) in [5.41, 5.74) is 0.711. The number of nitrogens with zero attached hydrogens (tertiary/aromatic N) is 1. The highest BCUT2D eigenvalue weighted by atomic mass is 16.5. The van der Waals surface area contributed by atoms with Crippen LogP contribution in [-0.2, 0) is 10.3 Å². The van der Waals surface area contributed by atoms with Crippen molar-refractivity contribution in [1.82, 2.24) is 4.98 Å². The maximum atomic E-state index is 5.55. The first-order chi connectivity index (χ1) is 5.67. The molecule has 2 nitrogen and oxygen atoms in total. The predicted octanol–water partition coefficient (Wildman–Crippen LogP) is 2.35. The molecule has 0 radical (unpaired) electrons. The fraction of sp³-hybridized carbons (Fsp3) is 0.500. The molecular weight excluding hydrogens is 150 g/mol. The first kappa shape index (κ1) is 9.20. The normalized spacial score (nSPS) is 11.6. The Hall–Kier alpha value is -0.890. The van der Waals surface area contributed by atoms with Crippen molar-refractivity contribution in [3.05, 3.63) is 30.1 Å². The Morgan fingerprint density at radius 1 is 1.42 bits per heavy atom. The molecule has 1 rings (SSSR count). The lowest BCUT2D eigenvalue weighted by Gasteiger charge is -2.23. The zero-order valence-corrected chi connectivity index (χ0v) is 7.87. The van der Waals surface area contributed by atoms with Gasteiger partial charge >= 0.3 is 0 Å². The van der Waals surface area contributed by atoms with Crippen LogP contribution in [0.2, 0.25) is 0 Å². The molecule has 0 aliphatic rings. The highest BCUT2D eigenvalue weighted by Crippen LogP contribution is 2.21. The van der Waals surface area contributed by atoms with Gasteiger partial charge in [0.25, 0.3) is 0 Å². The summed E-state index contributed by atoms with van der Waals surface area (Å²) in [7, 11) is 0. The van der Waals surface area contributed by atoms with E-state index in [0.29, 0.717) is 6.61 Å². The molecule has 0 saturated heterocycles. The zero-order valence-electron chi connectivity index (χ0n) is 7.87. The third-order valence-electron chi connectivity index (χ3n) is 1.79. The van der Waals surface area contributed by atoms with E-state index in [4.69, 9.17) is 4.74 Å². The number of aromatic nitrogens is 1. The highest BCUT2D eigenvalue weighted by molar-refractivity contribution is 5.10. The molecule has 0 aliphatic carbocycles. The summed E-state index contributed by atoms with van der Waals surface area (Å²) in [6, 6.07) is 5.87.